The molecule has 0 aromatic rings. The average Bonchev–Trinajstić information content (AvgIpc) is 1.85. The molecule has 7 heteroatoms. The van der Waals surface area contributed by atoms with Crippen molar-refractivity contribution in [3.05, 3.63) is 0 Å². The Hall–Kier alpha value is -0.420. The van der Waals surface area contributed by atoms with E-state index in [4.69, 9.17) is 10.00 Å². The van der Waals surface area contributed by atoms with Crippen LogP contribution in [-0.2, 0) is 18.9 Å². The smallest absolute Gasteiger partial charge is 0.355 e. The van der Waals surface area contributed by atoms with E-state index in [0.717, 1.165) is 0 Å². The molecular formula is C3H7O6P. The minimum atomic E-state index is -3.22. The monoisotopic (exact) mass is 170 g/mol. The van der Waals surface area contributed by atoms with Crippen LogP contribution in [0.5, 0.6) is 0 Å². The standard InChI is InChI=1S/C3H7O6P/c4-2-1-3(5)8-9-10(6)7/h4,10H,1-2H2,(H,6,7). The summed E-state index contributed by atoms with van der Waals surface area (Å²) in [7, 11) is -3.22. The SMILES string of the molecule is O=C(CCO)OO[PH](=O)O. The molecule has 0 aromatic carbocycles. The lowest BCUT2D eigenvalue weighted by Gasteiger charge is -1.96. The molecule has 0 amide bonds. The Kier molecular flexibility index (Phi) is 5.15. The number of carbonyl (C=O) groups is 1. The molecule has 0 radical (unpaired) electrons. The molecule has 10 heavy (non-hydrogen) atoms. The molecular weight excluding hydrogens is 163 g/mol. The lowest BCUT2D eigenvalue weighted by molar-refractivity contribution is -0.215. The first-order valence-corrected chi connectivity index (χ1v) is 3.64. The van der Waals surface area contributed by atoms with E-state index in [1.54, 1.807) is 0 Å². The van der Waals surface area contributed by atoms with E-state index in [0.29, 0.717) is 0 Å². The van der Waals surface area contributed by atoms with Gasteiger partial charge in [0.25, 0.3) is 0 Å². The van der Waals surface area contributed by atoms with E-state index in [1.807, 2.05) is 0 Å². The van der Waals surface area contributed by atoms with Gasteiger partial charge in [-0.1, -0.05) is 4.67 Å². The molecule has 0 spiro atoms. The van der Waals surface area contributed by atoms with Crippen molar-refractivity contribution in [2.24, 2.45) is 0 Å². The third-order valence-electron chi connectivity index (χ3n) is 0.522. The minimum Gasteiger partial charge on any atom is -0.396 e. The van der Waals surface area contributed by atoms with Crippen LogP contribution >= 0.6 is 8.25 Å². The normalized spacial score (nSPS) is 12.6. The molecule has 0 aliphatic rings. The highest BCUT2D eigenvalue weighted by Gasteiger charge is 2.03. The lowest BCUT2D eigenvalue weighted by Crippen LogP contribution is -2.04. The summed E-state index contributed by atoms with van der Waals surface area (Å²) in [5.41, 5.74) is 0. The Labute approximate surface area is 57.3 Å². The number of aliphatic hydroxyl groups is 1. The first-order valence-electron chi connectivity index (χ1n) is 2.38. The number of rotatable bonds is 4. The summed E-state index contributed by atoms with van der Waals surface area (Å²) in [6, 6.07) is 0. The lowest BCUT2D eigenvalue weighted by atomic mass is 10.5. The average molecular weight is 170 g/mol. The van der Waals surface area contributed by atoms with Crippen LogP contribution in [0, 0.1) is 0 Å². The fourth-order valence-corrected chi connectivity index (χ4v) is 0.379. The minimum absolute atomic E-state index is 0.255. The van der Waals surface area contributed by atoms with E-state index in [9.17, 15) is 9.36 Å². The second-order valence-electron chi connectivity index (χ2n) is 1.28. The van der Waals surface area contributed by atoms with Crippen molar-refractivity contribution < 1.29 is 28.9 Å². The number of aliphatic hydroxyl groups excluding tert-OH is 1. The van der Waals surface area contributed by atoms with Crippen molar-refractivity contribution in [1.29, 1.82) is 0 Å². The van der Waals surface area contributed by atoms with Crippen LogP contribution in [0.2, 0.25) is 0 Å². The molecule has 0 aliphatic heterocycles. The quantitative estimate of drug-likeness (QED) is 0.326. The van der Waals surface area contributed by atoms with Gasteiger partial charge in [-0.15, -0.1) is 0 Å². The maximum Gasteiger partial charge on any atom is 0.355 e. The number of hydrogen-bond donors (Lipinski definition) is 2. The van der Waals surface area contributed by atoms with E-state index >= 15 is 0 Å². The van der Waals surface area contributed by atoms with Crippen LogP contribution < -0.4 is 0 Å². The Morgan fingerprint density at radius 3 is 2.60 bits per heavy atom. The van der Waals surface area contributed by atoms with Gasteiger partial charge in [-0.25, -0.2) is 4.79 Å². The zero-order valence-electron chi connectivity index (χ0n) is 4.94. The van der Waals surface area contributed by atoms with Crippen molar-refractivity contribution >= 4 is 14.2 Å². The van der Waals surface area contributed by atoms with E-state index < -0.39 is 14.2 Å². The van der Waals surface area contributed by atoms with Crippen molar-refractivity contribution in [3.63, 3.8) is 0 Å². The van der Waals surface area contributed by atoms with E-state index in [-0.39, 0.29) is 13.0 Å². The van der Waals surface area contributed by atoms with Gasteiger partial charge in [-0.2, -0.15) is 0 Å². The van der Waals surface area contributed by atoms with Gasteiger partial charge in [0.1, 0.15) is 0 Å². The number of carbonyl (C=O) groups excluding carboxylic acids is 1. The molecule has 2 N–H and O–H groups in total. The molecule has 0 aromatic heterocycles. The van der Waals surface area contributed by atoms with Crippen molar-refractivity contribution in [1.82, 2.24) is 0 Å². The number of hydrogen-bond acceptors (Lipinski definition) is 5. The van der Waals surface area contributed by atoms with Gasteiger partial charge in [-0.05, 0) is 0 Å². The van der Waals surface area contributed by atoms with Crippen LogP contribution in [0.4, 0.5) is 0 Å². The zero-order valence-corrected chi connectivity index (χ0v) is 5.94. The van der Waals surface area contributed by atoms with Crippen LogP contribution in [0.25, 0.3) is 0 Å². The maximum atomic E-state index is 10.2. The Balaban J connectivity index is 3.30. The summed E-state index contributed by atoms with van der Waals surface area (Å²) in [5.74, 6) is -0.880. The predicted molar refractivity (Wildman–Crippen MR) is 30.1 cm³/mol. The summed E-state index contributed by atoms with van der Waals surface area (Å²) >= 11 is 0. The fraction of sp³-hybridized carbons (Fsp3) is 0.667. The van der Waals surface area contributed by atoms with Crippen LogP contribution in [0.1, 0.15) is 6.42 Å². The van der Waals surface area contributed by atoms with Crippen LogP contribution in [0.3, 0.4) is 0 Å². The van der Waals surface area contributed by atoms with Crippen molar-refractivity contribution in [2.45, 2.75) is 6.42 Å². The molecule has 0 aliphatic carbocycles. The topological polar surface area (TPSA) is 93.1 Å². The highest BCUT2D eigenvalue weighted by atomic mass is 31.1. The summed E-state index contributed by atoms with van der Waals surface area (Å²) in [4.78, 5) is 21.9. The van der Waals surface area contributed by atoms with Gasteiger partial charge in [0, 0.05) is 0 Å². The summed E-state index contributed by atoms with van der Waals surface area (Å²) in [6.45, 7) is -0.380. The van der Waals surface area contributed by atoms with Crippen molar-refractivity contribution in [2.75, 3.05) is 6.61 Å². The molecule has 1 atom stereocenters. The van der Waals surface area contributed by atoms with Gasteiger partial charge in [0.15, 0.2) is 0 Å². The van der Waals surface area contributed by atoms with Gasteiger partial charge < -0.3 is 10.00 Å². The fourth-order valence-electron chi connectivity index (χ4n) is 0.215. The molecule has 0 saturated carbocycles. The molecule has 6 nitrogen and oxygen atoms in total. The van der Waals surface area contributed by atoms with Crippen LogP contribution in [0.15, 0.2) is 0 Å². The van der Waals surface area contributed by atoms with Crippen molar-refractivity contribution in [3.8, 4) is 0 Å². The predicted octanol–water partition coefficient (Wildman–Crippen LogP) is -0.774. The molecule has 0 heterocycles. The van der Waals surface area contributed by atoms with Gasteiger partial charge in [-0.3, -0.25) is 9.45 Å². The Morgan fingerprint density at radius 2 is 2.20 bits per heavy atom. The molecule has 0 fully saturated rings. The zero-order chi connectivity index (χ0) is 7.98. The van der Waals surface area contributed by atoms with Gasteiger partial charge >= 0.3 is 14.2 Å². The highest BCUT2D eigenvalue weighted by molar-refractivity contribution is 7.31. The van der Waals surface area contributed by atoms with E-state index in [1.165, 1.54) is 0 Å². The first-order chi connectivity index (χ1) is 4.66. The highest BCUT2D eigenvalue weighted by Crippen LogP contribution is 2.14. The molecule has 60 valence electrons. The Morgan fingerprint density at radius 1 is 1.60 bits per heavy atom. The second-order valence-corrected chi connectivity index (χ2v) is 1.98. The summed E-state index contributed by atoms with van der Waals surface area (Å²) in [6.07, 6.45) is -0.255. The van der Waals surface area contributed by atoms with E-state index in [2.05, 4.69) is 9.56 Å². The van der Waals surface area contributed by atoms with Gasteiger partial charge in [0.05, 0.1) is 13.0 Å². The van der Waals surface area contributed by atoms with Crippen LogP contribution in [-0.4, -0.2) is 22.6 Å². The molecule has 0 saturated heterocycles. The first kappa shape index (κ1) is 9.58. The summed E-state index contributed by atoms with van der Waals surface area (Å²) < 4.78 is 13.3. The second kappa shape index (κ2) is 5.37. The Bertz CT molecular complexity index is 133. The largest absolute Gasteiger partial charge is 0.396 e. The maximum absolute atomic E-state index is 10.2. The third-order valence-corrected chi connectivity index (χ3v) is 0.748. The molecule has 0 bridgehead atoms. The third kappa shape index (κ3) is 5.71. The molecule has 1 unspecified atom stereocenters. The van der Waals surface area contributed by atoms with Gasteiger partial charge in [0.2, 0.25) is 0 Å². The summed E-state index contributed by atoms with van der Waals surface area (Å²) in [5, 5.41) is 8.11. The molecule has 0 rings (SSSR count).